The van der Waals surface area contributed by atoms with Gasteiger partial charge in [-0.1, -0.05) is 18.2 Å². The standard InChI is InChI=1S/C11H12O2/c1-13-11-9(8-6-7-8)4-2-3-5-10(11)12/h2-5,8H,6-7H2,1H3. The van der Waals surface area contributed by atoms with Crippen molar-refractivity contribution in [1.29, 1.82) is 0 Å². The summed E-state index contributed by atoms with van der Waals surface area (Å²) in [5, 5.41) is 0. The van der Waals surface area contributed by atoms with Crippen molar-refractivity contribution in [2.75, 3.05) is 7.11 Å². The molecule has 1 aromatic rings. The Labute approximate surface area is 77.2 Å². The normalized spacial score (nSPS) is 15.5. The molecule has 2 rings (SSSR count). The predicted molar refractivity (Wildman–Crippen MR) is 51.2 cm³/mol. The summed E-state index contributed by atoms with van der Waals surface area (Å²) >= 11 is 0. The Kier molecular flexibility index (Phi) is 2.05. The lowest BCUT2D eigenvalue weighted by molar-refractivity contribution is 0.406. The van der Waals surface area contributed by atoms with Gasteiger partial charge in [0.2, 0.25) is 5.43 Å². The molecule has 0 bridgehead atoms. The Morgan fingerprint density at radius 1 is 1.31 bits per heavy atom. The highest BCUT2D eigenvalue weighted by Crippen LogP contribution is 2.42. The third kappa shape index (κ3) is 1.57. The molecule has 2 heteroatoms. The summed E-state index contributed by atoms with van der Waals surface area (Å²) in [5.41, 5.74) is 1.05. The lowest BCUT2D eigenvalue weighted by Crippen LogP contribution is -2.02. The van der Waals surface area contributed by atoms with Crippen LogP contribution in [0.3, 0.4) is 0 Å². The summed E-state index contributed by atoms with van der Waals surface area (Å²) in [6.45, 7) is 0. The van der Waals surface area contributed by atoms with Crippen LogP contribution in [0.1, 0.15) is 24.3 Å². The van der Waals surface area contributed by atoms with Crippen molar-refractivity contribution in [2.24, 2.45) is 0 Å². The van der Waals surface area contributed by atoms with Gasteiger partial charge in [-0.2, -0.15) is 0 Å². The first-order valence-corrected chi connectivity index (χ1v) is 4.50. The van der Waals surface area contributed by atoms with Crippen LogP contribution in [-0.2, 0) is 0 Å². The molecule has 0 amide bonds. The minimum Gasteiger partial charge on any atom is -0.492 e. The summed E-state index contributed by atoms with van der Waals surface area (Å²) in [7, 11) is 1.56. The molecule has 0 atom stereocenters. The van der Waals surface area contributed by atoms with Crippen LogP contribution in [0.2, 0.25) is 0 Å². The van der Waals surface area contributed by atoms with E-state index in [0.717, 1.165) is 5.56 Å². The topological polar surface area (TPSA) is 26.3 Å². The van der Waals surface area contributed by atoms with Gasteiger partial charge in [0.25, 0.3) is 0 Å². The Hall–Kier alpha value is -1.31. The minimum atomic E-state index is -0.0191. The molecule has 1 aliphatic carbocycles. The zero-order valence-corrected chi connectivity index (χ0v) is 7.62. The smallest absolute Gasteiger partial charge is 0.220 e. The molecule has 68 valence electrons. The Morgan fingerprint density at radius 3 is 2.62 bits per heavy atom. The quantitative estimate of drug-likeness (QED) is 0.688. The van der Waals surface area contributed by atoms with Crippen LogP contribution < -0.4 is 10.2 Å². The van der Waals surface area contributed by atoms with Crippen LogP contribution in [-0.4, -0.2) is 7.11 Å². The van der Waals surface area contributed by atoms with Gasteiger partial charge in [0.05, 0.1) is 7.11 Å². The van der Waals surface area contributed by atoms with Crippen molar-refractivity contribution >= 4 is 0 Å². The molecule has 13 heavy (non-hydrogen) atoms. The molecule has 1 saturated carbocycles. The van der Waals surface area contributed by atoms with E-state index in [-0.39, 0.29) is 5.43 Å². The summed E-state index contributed by atoms with van der Waals surface area (Å²) in [6.07, 6.45) is 2.36. The van der Waals surface area contributed by atoms with Gasteiger partial charge >= 0.3 is 0 Å². The van der Waals surface area contributed by atoms with Crippen LogP contribution in [0.5, 0.6) is 5.75 Å². The average molecular weight is 176 g/mol. The molecule has 0 saturated heterocycles. The first-order valence-electron chi connectivity index (χ1n) is 4.50. The van der Waals surface area contributed by atoms with Gasteiger partial charge in [-0.25, -0.2) is 0 Å². The average Bonchev–Trinajstić information content (AvgIpc) is 2.90. The maximum Gasteiger partial charge on any atom is 0.220 e. The molecular formula is C11H12O2. The molecule has 1 aromatic carbocycles. The lowest BCUT2D eigenvalue weighted by atomic mass is 10.2. The van der Waals surface area contributed by atoms with E-state index in [1.165, 1.54) is 12.8 Å². The zero-order valence-electron chi connectivity index (χ0n) is 7.62. The van der Waals surface area contributed by atoms with E-state index in [1.807, 2.05) is 12.1 Å². The van der Waals surface area contributed by atoms with Crippen molar-refractivity contribution in [3.8, 4) is 5.75 Å². The molecule has 2 nitrogen and oxygen atoms in total. The van der Waals surface area contributed by atoms with E-state index in [1.54, 1.807) is 19.2 Å². The fraction of sp³-hybridized carbons (Fsp3) is 0.364. The number of methoxy groups -OCH3 is 1. The summed E-state index contributed by atoms with van der Waals surface area (Å²) < 4.78 is 5.12. The van der Waals surface area contributed by atoms with Gasteiger partial charge < -0.3 is 4.74 Å². The molecule has 0 unspecified atom stereocenters. The van der Waals surface area contributed by atoms with E-state index in [0.29, 0.717) is 11.7 Å². The highest BCUT2D eigenvalue weighted by molar-refractivity contribution is 5.37. The minimum absolute atomic E-state index is 0.0191. The molecule has 1 aliphatic rings. The number of rotatable bonds is 2. The van der Waals surface area contributed by atoms with Crippen LogP contribution in [0.4, 0.5) is 0 Å². The number of hydrogen-bond acceptors (Lipinski definition) is 2. The van der Waals surface area contributed by atoms with Crippen LogP contribution in [0.25, 0.3) is 0 Å². The van der Waals surface area contributed by atoms with Gasteiger partial charge in [0.15, 0.2) is 5.75 Å². The zero-order chi connectivity index (χ0) is 9.26. The summed E-state index contributed by atoms with van der Waals surface area (Å²) in [5.74, 6) is 1.07. The van der Waals surface area contributed by atoms with Crippen molar-refractivity contribution in [1.82, 2.24) is 0 Å². The van der Waals surface area contributed by atoms with E-state index in [9.17, 15) is 4.79 Å². The van der Waals surface area contributed by atoms with E-state index >= 15 is 0 Å². The second-order valence-corrected chi connectivity index (χ2v) is 3.35. The second kappa shape index (κ2) is 3.21. The Morgan fingerprint density at radius 2 is 2.00 bits per heavy atom. The first-order chi connectivity index (χ1) is 6.33. The van der Waals surface area contributed by atoms with Gasteiger partial charge in [-0.15, -0.1) is 0 Å². The summed E-state index contributed by atoms with van der Waals surface area (Å²) in [6, 6.07) is 7.19. The second-order valence-electron chi connectivity index (χ2n) is 3.35. The van der Waals surface area contributed by atoms with E-state index in [2.05, 4.69) is 0 Å². The number of hydrogen-bond donors (Lipinski definition) is 0. The number of ether oxygens (including phenoxy) is 1. The SMILES string of the molecule is COc1c(C2CC2)ccccc1=O. The molecule has 1 fully saturated rings. The van der Waals surface area contributed by atoms with Crippen molar-refractivity contribution < 1.29 is 4.74 Å². The van der Waals surface area contributed by atoms with Crippen LogP contribution in [0.15, 0.2) is 29.1 Å². The molecule has 0 aromatic heterocycles. The Balaban J connectivity index is 2.60. The third-order valence-electron chi connectivity index (χ3n) is 2.34. The highest BCUT2D eigenvalue weighted by atomic mass is 16.5. The largest absolute Gasteiger partial charge is 0.492 e. The van der Waals surface area contributed by atoms with Crippen molar-refractivity contribution in [3.63, 3.8) is 0 Å². The van der Waals surface area contributed by atoms with Gasteiger partial charge in [0, 0.05) is 5.56 Å². The lowest BCUT2D eigenvalue weighted by Gasteiger charge is -2.01. The fourth-order valence-corrected chi connectivity index (χ4v) is 1.53. The molecular weight excluding hydrogens is 164 g/mol. The Bertz CT molecular complexity index is 367. The van der Waals surface area contributed by atoms with Crippen molar-refractivity contribution in [2.45, 2.75) is 18.8 Å². The fourth-order valence-electron chi connectivity index (χ4n) is 1.53. The molecule has 0 N–H and O–H groups in total. The van der Waals surface area contributed by atoms with Gasteiger partial charge in [-0.05, 0) is 24.8 Å². The molecule has 0 radical (unpaired) electrons. The maximum atomic E-state index is 11.5. The van der Waals surface area contributed by atoms with E-state index < -0.39 is 0 Å². The molecule has 0 heterocycles. The van der Waals surface area contributed by atoms with Crippen molar-refractivity contribution in [3.05, 3.63) is 40.1 Å². The van der Waals surface area contributed by atoms with Crippen LogP contribution in [0, 0.1) is 0 Å². The molecule has 0 aliphatic heterocycles. The summed E-state index contributed by atoms with van der Waals surface area (Å²) in [4.78, 5) is 11.5. The van der Waals surface area contributed by atoms with Gasteiger partial charge in [-0.3, -0.25) is 4.79 Å². The van der Waals surface area contributed by atoms with E-state index in [4.69, 9.17) is 4.74 Å². The third-order valence-corrected chi connectivity index (χ3v) is 2.34. The van der Waals surface area contributed by atoms with Crippen LogP contribution >= 0.6 is 0 Å². The molecule has 0 spiro atoms. The maximum absolute atomic E-state index is 11.5. The predicted octanol–water partition coefficient (Wildman–Crippen LogP) is 1.93. The monoisotopic (exact) mass is 176 g/mol. The first kappa shape index (κ1) is 8.30. The highest BCUT2D eigenvalue weighted by Gasteiger charge is 2.26. The van der Waals surface area contributed by atoms with Gasteiger partial charge in [0.1, 0.15) is 0 Å².